The van der Waals surface area contributed by atoms with E-state index < -0.39 is 5.97 Å². The summed E-state index contributed by atoms with van der Waals surface area (Å²) in [5.41, 5.74) is 0.296. The maximum Gasteiger partial charge on any atom is 0.338 e. The number of esters is 1. The normalized spacial score (nSPS) is 9.69. The Kier molecular flexibility index (Phi) is 4.17. The van der Waals surface area contributed by atoms with Crippen LogP contribution in [-0.2, 0) is 4.79 Å². The van der Waals surface area contributed by atoms with E-state index in [9.17, 15) is 9.90 Å². The largest absolute Gasteiger partial charge is 0.507 e. The molecule has 86 valence electrons. The number of hydrogen-bond acceptors (Lipinski definition) is 4. The summed E-state index contributed by atoms with van der Waals surface area (Å²) in [4.78, 5) is 11.3. The van der Waals surface area contributed by atoms with Gasteiger partial charge in [0.05, 0.1) is 10.7 Å². The predicted molar refractivity (Wildman–Crippen MR) is 67.8 cm³/mol. The molecule has 1 rings (SSSR count). The predicted octanol–water partition coefficient (Wildman–Crippen LogP) is 2.49. The number of carbonyl (C=O) groups is 1. The second kappa shape index (κ2) is 5.20. The van der Waals surface area contributed by atoms with Crippen LogP contribution < -0.4 is 9.47 Å². The van der Waals surface area contributed by atoms with Gasteiger partial charge in [-0.25, -0.2) is 4.79 Å². The average molecular weight is 334 g/mol. The number of hydrogen-bond donors (Lipinski definition) is 1. The summed E-state index contributed by atoms with van der Waals surface area (Å²) in [6.45, 7) is 5.04. The third-order valence-corrected chi connectivity index (χ3v) is 2.65. The quantitative estimate of drug-likeness (QED) is 0.399. The van der Waals surface area contributed by atoms with Gasteiger partial charge in [-0.1, -0.05) is 6.58 Å². The molecule has 4 nitrogen and oxygen atoms in total. The van der Waals surface area contributed by atoms with Crippen molar-refractivity contribution in [1.82, 2.24) is 0 Å². The van der Waals surface area contributed by atoms with Gasteiger partial charge in [0, 0.05) is 17.7 Å². The minimum Gasteiger partial charge on any atom is -0.507 e. The van der Waals surface area contributed by atoms with Crippen molar-refractivity contribution in [3.05, 3.63) is 27.9 Å². The van der Waals surface area contributed by atoms with Gasteiger partial charge in [0.2, 0.25) is 0 Å². The summed E-state index contributed by atoms with van der Waals surface area (Å²) in [5.74, 6) is 0.109. The Balaban J connectivity index is 3.08. The number of aromatic hydroxyl groups is 1. The molecular formula is C11H11IO4. The molecule has 1 N–H and O–H groups in total. The first-order valence-electron chi connectivity index (χ1n) is 4.40. The zero-order chi connectivity index (χ0) is 12.3. The van der Waals surface area contributed by atoms with E-state index in [2.05, 4.69) is 6.58 Å². The van der Waals surface area contributed by atoms with Gasteiger partial charge in [-0.3, -0.25) is 0 Å². The number of methoxy groups -OCH3 is 1. The second-order valence-electron chi connectivity index (χ2n) is 3.12. The van der Waals surface area contributed by atoms with E-state index in [4.69, 9.17) is 9.47 Å². The Morgan fingerprint density at radius 1 is 1.44 bits per heavy atom. The molecule has 5 heteroatoms. The van der Waals surface area contributed by atoms with Crippen LogP contribution >= 0.6 is 22.6 Å². The molecule has 1 aromatic carbocycles. The third kappa shape index (κ3) is 2.88. The topological polar surface area (TPSA) is 55.8 Å². The van der Waals surface area contributed by atoms with E-state index >= 15 is 0 Å². The summed E-state index contributed by atoms with van der Waals surface area (Å²) in [6, 6.07) is 2.92. The lowest BCUT2D eigenvalue weighted by atomic mass is 10.3. The minimum atomic E-state index is -0.528. The number of rotatable bonds is 3. The Bertz CT molecular complexity index is 440. The fourth-order valence-electron chi connectivity index (χ4n) is 0.951. The van der Waals surface area contributed by atoms with Gasteiger partial charge >= 0.3 is 5.97 Å². The van der Waals surface area contributed by atoms with Crippen molar-refractivity contribution in [3.63, 3.8) is 0 Å². The van der Waals surface area contributed by atoms with Gasteiger partial charge in [0.15, 0.2) is 11.5 Å². The number of carbonyl (C=O) groups excluding carboxylic acids is 1. The van der Waals surface area contributed by atoms with Gasteiger partial charge in [0.25, 0.3) is 0 Å². The van der Waals surface area contributed by atoms with Crippen LogP contribution in [0, 0.1) is 3.57 Å². The lowest BCUT2D eigenvalue weighted by molar-refractivity contribution is -0.130. The third-order valence-electron chi connectivity index (χ3n) is 1.78. The van der Waals surface area contributed by atoms with Crippen LogP contribution in [0.2, 0.25) is 0 Å². The molecule has 0 amide bonds. The summed E-state index contributed by atoms with van der Waals surface area (Å²) in [6.07, 6.45) is 0. The van der Waals surface area contributed by atoms with Gasteiger partial charge in [-0.05, 0) is 29.5 Å². The monoisotopic (exact) mass is 334 g/mol. The van der Waals surface area contributed by atoms with Crippen molar-refractivity contribution in [2.45, 2.75) is 6.92 Å². The summed E-state index contributed by atoms with van der Waals surface area (Å²) < 4.78 is 10.6. The molecule has 0 unspecified atom stereocenters. The summed E-state index contributed by atoms with van der Waals surface area (Å²) in [5, 5.41) is 9.45. The molecule has 0 atom stereocenters. The molecule has 0 bridgehead atoms. The van der Waals surface area contributed by atoms with Crippen molar-refractivity contribution in [2.75, 3.05) is 7.11 Å². The van der Waals surface area contributed by atoms with Crippen LogP contribution in [0.25, 0.3) is 0 Å². The molecular weight excluding hydrogens is 323 g/mol. The Hall–Kier alpha value is -1.24. The van der Waals surface area contributed by atoms with Crippen LogP contribution in [0.15, 0.2) is 24.3 Å². The lowest BCUT2D eigenvalue weighted by Gasteiger charge is -2.10. The van der Waals surface area contributed by atoms with Crippen LogP contribution in [-0.4, -0.2) is 18.2 Å². The molecule has 0 spiro atoms. The zero-order valence-electron chi connectivity index (χ0n) is 8.91. The Labute approximate surface area is 107 Å². The number of halogens is 1. The fraction of sp³-hybridized carbons (Fsp3) is 0.182. The smallest absolute Gasteiger partial charge is 0.338 e. The number of benzene rings is 1. The average Bonchev–Trinajstić information content (AvgIpc) is 2.22. The van der Waals surface area contributed by atoms with E-state index in [0.29, 0.717) is 14.9 Å². The highest BCUT2D eigenvalue weighted by atomic mass is 127. The molecule has 0 fully saturated rings. The van der Waals surface area contributed by atoms with E-state index in [1.54, 1.807) is 6.92 Å². The SMILES string of the molecule is C=C(C)C(=O)Oc1cc(I)c(O)cc1OC. The fourth-order valence-corrected chi connectivity index (χ4v) is 1.39. The molecule has 0 heterocycles. The van der Waals surface area contributed by atoms with Gasteiger partial charge in [-0.15, -0.1) is 0 Å². The van der Waals surface area contributed by atoms with Gasteiger partial charge in [0.1, 0.15) is 5.75 Å². The van der Waals surface area contributed by atoms with Crippen molar-refractivity contribution < 1.29 is 19.4 Å². The molecule has 0 saturated heterocycles. The van der Waals surface area contributed by atoms with Crippen LogP contribution in [0.1, 0.15) is 6.92 Å². The first-order chi connectivity index (χ1) is 7.45. The highest BCUT2D eigenvalue weighted by Gasteiger charge is 2.13. The highest BCUT2D eigenvalue weighted by molar-refractivity contribution is 14.1. The van der Waals surface area contributed by atoms with Gasteiger partial charge in [-0.2, -0.15) is 0 Å². The molecule has 16 heavy (non-hydrogen) atoms. The van der Waals surface area contributed by atoms with Crippen molar-refractivity contribution in [1.29, 1.82) is 0 Å². The van der Waals surface area contributed by atoms with E-state index in [-0.39, 0.29) is 11.5 Å². The Morgan fingerprint density at radius 3 is 2.56 bits per heavy atom. The van der Waals surface area contributed by atoms with Crippen LogP contribution in [0.3, 0.4) is 0 Å². The van der Waals surface area contributed by atoms with Crippen LogP contribution in [0.4, 0.5) is 0 Å². The molecule has 0 aliphatic carbocycles. The van der Waals surface area contributed by atoms with E-state index in [1.807, 2.05) is 22.6 Å². The maximum absolute atomic E-state index is 11.3. The van der Waals surface area contributed by atoms with E-state index in [0.717, 1.165) is 0 Å². The van der Waals surface area contributed by atoms with Crippen LogP contribution in [0.5, 0.6) is 17.2 Å². The van der Waals surface area contributed by atoms with Gasteiger partial charge < -0.3 is 14.6 Å². The summed E-state index contributed by atoms with van der Waals surface area (Å²) in [7, 11) is 1.43. The molecule has 0 aliphatic rings. The van der Waals surface area contributed by atoms with Crippen molar-refractivity contribution in [3.8, 4) is 17.2 Å². The van der Waals surface area contributed by atoms with Crippen molar-refractivity contribution in [2.24, 2.45) is 0 Å². The minimum absolute atomic E-state index is 0.0765. The Morgan fingerprint density at radius 2 is 2.06 bits per heavy atom. The van der Waals surface area contributed by atoms with E-state index in [1.165, 1.54) is 19.2 Å². The first-order valence-corrected chi connectivity index (χ1v) is 5.47. The zero-order valence-corrected chi connectivity index (χ0v) is 11.1. The summed E-state index contributed by atoms with van der Waals surface area (Å²) >= 11 is 1.93. The maximum atomic E-state index is 11.3. The highest BCUT2D eigenvalue weighted by Crippen LogP contribution is 2.35. The molecule has 1 aromatic rings. The standard InChI is InChI=1S/C11H11IO4/c1-6(2)11(14)16-10-4-7(12)8(13)5-9(10)15-3/h4-5,13H,1H2,2-3H3. The number of ether oxygens (including phenoxy) is 2. The lowest BCUT2D eigenvalue weighted by Crippen LogP contribution is -2.09. The molecule has 0 aliphatic heterocycles. The van der Waals surface area contributed by atoms with Crippen molar-refractivity contribution >= 4 is 28.6 Å². The number of phenolic OH excluding ortho intramolecular Hbond substituents is 1. The molecule has 0 radical (unpaired) electrons. The second-order valence-corrected chi connectivity index (χ2v) is 4.29. The first kappa shape index (κ1) is 12.8. The molecule has 0 saturated carbocycles. The number of phenols is 1. The molecule has 0 aromatic heterocycles.